The van der Waals surface area contributed by atoms with Crippen LogP contribution in [-0.4, -0.2) is 51.3 Å². The summed E-state index contributed by atoms with van der Waals surface area (Å²) in [4.78, 5) is 2.39. The van der Waals surface area contributed by atoms with Gasteiger partial charge in [-0.15, -0.1) is 0 Å². The van der Waals surface area contributed by atoms with Crippen molar-refractivity contribution in [2.75, 3.05) is 40.3 Å². The Kier molecular flexibility index (Phi) is 6.15. The average molecular weight is 200 g/mol. The minimum Gasteiger partial charge on any atom is -0.377 e. The van der Waals surface area contributed by atoms with Crippen LogP contribution in [0.2, 0.25) is 0 Å². The number of unbranched alkanes of at least 4 members (excludes halogenated alkanes) is 1. The maximum Gasteiger partial charge on any atom is 0.0702 e. The monoisotopic (exact) mass is 200 g/mol. The molecule has 0 radical (unpaired) electrons. The molecule has 1 rings (SSSR count). The molecular formula is C11H24N2O. The SMILES string of the molecule is CNCCCCN(C)CC1CCCO1. The number of rotatable bonds is 7. The molecule has 1 fully saturated rings. The number of hydrogen-bond donors (Lipinski definition) is 1. The van der Waals surface area contributed by atoms with E-state index in [0.717, 1.165) is 19.7 Å². The molecule has 84 valence electrons. The Balaban J connectivity index is 1.95. The lowest BCUT2D eigenvalue weighted by Crippen LogP contribution is -2.29. The molecule has 0 aromatic carbocycles. The normalized spacial score (nSPS) is 22.1. The van der Waals surface area contributed by atoms with Crippen LogP contribution in [0.25, 0.3) is 0 Å². The first-order valence-corrected chi connectivity index (χ1v) is 5.77. The Morgan fingerprint density at radius 3 is 2.93 bits per heavy atom. The number of nitrogens with zero attached hydrogens (tertiary/aromatic N) is 1. The minimum absolute atomic E-state index is 0.504. The van der Waals surface area contributed by atoms with Gasteiger partial charge in [-0.1, -0.05) is 0 Å². The molecule has 1 heterocycles. The van der Waals surface area contributed by atoms with E-state index >= 15 is 0 Å². The van der Waals surface area contributed by atoms with Crippen LogP contribution < -0.4 is 5.32 Å². The molecular weight excluding hydrogens is 176 g/mol. The Labute approximate surface area is 87.8 Å². The summed E-state index contributed by atoms with van der Waals surface area (Å²) in [6.07, 6.45) is 5.56. The molecule has 0 bridgehead atoms. The van der Waals surface area contributed by atoms with E-state index in [4.69, 9.17) is 4.74 Å². The summed E-state index contributed by atoms with van der Waals surface area (Å²) < 4.78 is 5.60. The molecule has 1 aliphatic rings. The molecule has 0 saturated carbocycles. The van der Waals surface area contributed by atoms with Gasteiger partial charge in [-0.3, -0.25) is 0 Å². The summed E-state index contributed by atoms with van der Waals surface area (Å²) >= 11 is 0. The molecule has 0 amide bonds. The fraction of sp³-hybridized carbons (Fsp3) is 1.00. The largest absolute Gasteiger partial charge is 0.377 e. The quantitative estimate of drug-likeness (QED) is 0.623. The number of ether oxygens (including phenoxy) is 1. The third kappa shape index (κ3) is 4.94. The van der Waals surface area contributed by atoms with Crippen LogP contribution >= 0.6 is 0 Å². The van der Waals surface area contributed by atoms with E-state index in [1.807, 2.05) is 7.05 Å². The summed E-state index contributed by atoms with van der Waals surface area (Å²) in [5.74, 6) is 0. The van der Waals surface area contributed by atoms with Crippen molar-refractivity contribution in [3.05, 3.63) is 0 Å². The van der Waals surface area contributed by atoms with Gasteiger partial charge in [-0.05, 0) is 52.9 Å². The van der Waals surface area contributed by atoms with Crippen LogP contribution in [0, 0.1) is 0 Å². The van der Waals surface area contributed by atoms with Crippen molar-refractivity contribution in [2.24, 2.45) is 0 Å². The van der Waals surface area contributed by atoms with Gasteiger partial charge in [0.25, 0.3) is 0 Å². The Bertz CT molecular complexity index is 135. The maximum atomic E-state index is 5.60. The summed E-state index contributed by atoms with van der Waals surface area (Å²) in [6.45, 7) is 4.41. The Hall–Kier alpha value is -0.120. The van der Waals surface area contributed by atoms with Crippen molar-refractivity contribution in [3.63, 3.8) is 0 Å². The molecule has 0 aromatic heterocycles. The van der Waals surface area contributed by atoms with Crippen molar-refractivity contribution in [1.82, 2.24) is 10.2 Å². The lowest BCUT2D eigenvalue weighted by molar-refractivity contribution is 0.0808. The summed E-state index contributed by atoms with van der Waals surface area (Å²) in [6, 6.07) is 0. The van der Waals surface area contributed by atoms with Gasteiger partial charge in [0.15, 0.2) is 0 Å². The van der Waals surface area contributed by atoms with Gasteiger partial charge in [-0.25, -0.2) is 0 Å². The highest BCUT2D eigenvalue weighted by atomic mass is 16.5. The van der Waals surface area contributed by atoms with Gasteiger partial charge >= 0.3 is 0 Å². The smallest absolute Gasteiger partial charge is 0.0702 e. The number of hydrogen-bond acceptors (Lipinski definition) is 3. The van der Waals surface area contributed by atoms with Crippen LogP contribution in [0.4, 0.5) is 0 Å². The van der Waals surface area contributed by atoms with Gasteiger partial charge in [-0.2, -0.15) is 0 Å². The molecule has 14 heavy (non-hydrogen) atoms. The first kappa shape index (κ1) is 12.0. The van der Waals surface area contributed by atoms with E-state index in [0.29, 0.717) is 6.10 Å². The van der Waals surface area contributed by atoms with Crippen molar-refractivity contribution in [2.45, 2.75) is 31.8 Å². The highest BCUT2D eigenvalue weighted by molar-refractivity contribution is 4.68. The van der Waals surface area contributed by atoms with Crippen LogP contribution in [0.3, 0.4) is 0 Å². The predicted molar refractivity (Wildman–Crippen MR) is 59.6 cm³/mol. The van der Waals surface area contributed by atoms with E-state index in [-0.39, 0.29) is 0 Å². The standard InChI is InChI=1S/C11H24N2O/c1-12-7-3-4-8-13(2)10-11-6-5-9-14-11/h11-12H,3-10H2,1-2H3. The highest BCUT2D eigenvalue weighted by Gasteiger charge is 2.16. The zero-order chi connectivity index (χ0) is 10.2. The first-order chi connectivity index (χ1) is 6.83. The molecule has 3 nitrogen and oxygen atoms in total. The van der Waals surface area contributed by atoms with Gasteiger partial charge in [0.2, 0.25) is 0 Å². The van der Waals surface area contributed by atoms with Crippen LogP contribution in [-0.2, 0) is 4.74 Å². The molecule has 0 aliphatic carbocycles. The fourth-order valence-electron chi connectivity index (χ4n) is 1.91. The van der Waals surface area contributed by atoms with Gasteiger partial charge in [0, 0.05) is 13.2 Å². The zero-order valence-electron chi connectivity index (χ0n) is 9.59. The third-order valence-electron chi connectivity index (χ3n) is 2.76. The second-order valence-electron chi connectivity index (χ2n) is 4.21. The first-order valence-electron chi connectivity index (χ1n) is 5.77. The van der Waals surface area contributed by atoms with Gasteiger partial charge in [0.1, 0.15) is 0 Å². The lowest BCUT2D eigenvalue weighted by atomic mass is 10.2. The van der Waals surface area contributed by atoms with E-state index in [9.17, 15) is 0 Å². The van der Waals surface area contributed by atoms with E-state index in [1.54, 1.807) is 0 Å². The average Bonchev–Trinajstić information content (AvgIpc) is 2.65. The minimum atomic E-state index is 0.504. The molecule has 0 spiro atoms. The predicted octanol–water partition coefficient (Wildman–Crippen LogP) is 1.10. The van der Waals surface area contributed by atoms with E-state index in [1.165, 1.54) is 32.2 Å². The van der Waals surface area contributed by atoms with Gasteiger partial charge in [0.05, 0.1) is 6.10 Å². The number of likely N-dealkylation sites (N-methyl/N-ethyl adjacent to an activating group) is 1. The molecule has 1 saturated heterocycles. The number of nitrogens with one attached hydrogen (secondary N) is 1. The van der Waals surface area contributed by atoms with E-state index < -0.39 is 0 Å². The molecule has 1 N–H and O–H groups in total. The summed E-state index contributed by atoms with van der Waals surface area (Å²) in [5.41, 5.74) is 0. The second kappa shape index (κ2) is 7.21. The Morgan fingerprint density at radius 1 is 1.43 bits per heavy atom. The molecule has 0 aromatic rings. The van der Waals surface area contributed by atoms with Crippen LogP contribution in [0.1, 0.15) is 25.7 Å². The lowest BCUT2D eigenvalue weighted by Gasteiger charge is -2.20. The second-order valence-corrected chi connectivity index (χ2v) is 4.21. The molecule has 1 atom stereocenters. The summed E-state index contributed by atoms with van der Waals surface area (Å²) in [7, 11) is 4.21. The topological polar surface area (TPSA) is 24.5 Å². The summed E-state index contributed by atoms with van der Waals surface area (Å²) in [5, 5.41) is 3.17. The van der Waals surface area contributed by atoms with Crippen molar-refractivity contribution >= 4 is 0 Å². The van der Waals surface area contributed by atoms with E-state index in [2.05, 4.69) is 17.3 Å². The van der Waals surface area contributed by atoms with Crippen LogP contribution in [0.15, 0.2) is 0 Å². The fourth-order valence-corrected chi connectivity index (χ4v) is 1.91. The van der Waals surface area contributed by atoms with Crippen molar-refractivity contribution in [1.29, 1.82) is 0 Å². The maximum absolute atomic E-state index is 5.60. The Morgan fingerprint density at radius 2 is 2.29 bits per heavy atom. The van der Waals surface area contributed by atoms with Gasteiger partial charge < -0.3 is 15.0 Å². The van der Waals surface area contributed by atoms with Crippen LogP contribution in [0.5, 0.6) is 0 Å². The van der Waals surface area contributed by atoms with Crippen molar-refractivity contribution in [3.8, 4) is 0 Å². The van der Waals surface area contributed by atoms with Crippen molar-refractivity contribution < 1.29 is 4.74 Å². The zero-order valence-corrected chi connectivity index (χ0v) is 9.59. The molecule has 3 heteroatoms. The third-order valence-corrected chi connectivity index (χ3v) is 2.76. The molecule has 1 aliphatic heterocycles. The highest BCUT2D eigenvalue weighted by Crippen LogP contribution is 2.12. The molecule has 1 unspecified atom stereocenters.